The molecule has 0 aliphatic rings. The molecule has 0 bridgehead atoms. The molecule has 0 aliphatic carbocycles. The van der Waals surface area contributed by atoms with Gasteiger partial charge in [-0.05, 0) is 0 Å². The Kier molecular flexibility index (Phi) is 238. The van der Waals surface area contributed by atoms with Crippen LogP contribution in [-0.2, 0) is 53.8 Å². The summed E-state index contributed by atoms with van der Waals surface area (Å²) >= 11 is 0. The van der Waals surface area contributed by atoms with Crippen LogP contribution in [0.2, 0.25) is 0 Å². The van der Waals surface area contributed by atoms with Crippen molar-refractivity contribution in [3.8, 4) is 0 Å². The van der Waals surface area contributed by atoms with Crippen LogP contribution in [-0.4, -0.2) is 8.41 Å². The van der Waals surface area contributed by atoms with Gasteiger partial charge in [-0.3, -0.25) is 0 Å². The first-order valence-corrected chi connectivity index (χ1v) is 1.000. The minimum absolute atomic E-state index is 0. The molecule has 0 heterocycles. The first-order valence-electron chi connectivity index (χ1n) is 1.000. The maximum absolute atomic E-state index is 3.38. The first-order chi connectivity index (χ1) is 1.41. The van der Waals surface area contributed by atoms with E-state index in [0.717, 1.165) is 6.42 Å². The summed E-state index contributed by atoms with van der Waals surface area (Å²) in [5, 5.41) is 0. The summed E-state index contributed by atoms with van der Waals surface area (Å²) < 4.78 is 0. The van der Waals surface area contributed by atoms with Crippen LogP contribution in [0, 0.1) is 21.3 Å². The maximum atomic E-state index is 3.38. The van der Waals surface area contributed by atoms with Gasteiger partial charge in [0.15, 0.2) is 0 Å². The molecule has 0 unspecified atom stereocenters. The zero-order chi connectivity index (χ0) is 2.71. The fraction of sp³-hybridized carbons (Fsp3) is 0.250. The van der Waals surface area contributed by atoms with Crippen molar-refractivity contribution in [1.29, 1.82) is 0 Å². The van der Waals surface area contributed by atoms with E-state index in [4.69, 9.17) is 0 Å². The van der Waals surface area contributed by atoms with Crippen molar-refractivity contribution in [3.63, 3.8) is 0 Å². The second kappa shape index (κ2) is 45.3. The second-order valence-electron chi connectivity index (χ2n) is 0.354. The predicted octanol–water partition coefficient (Wildman–Crippen LogP) is 1.11. The van der Waals surface area contributed by atoms with Gasteiger partial charge in [-0.15, -0.1) is 0 Å². The van der Waals surface area contributed by atoms with Crippen molar-refractivity contribution in [1.82, 2.24) is 0 Å². The van der Waals surface area contributed by atoms with Crippen molar-refractivity contribution in [2.24, 2.45) is 0 Å². The van der Waals surface area contributed by atoms with E-state index in [1.165, 1.54) is 0 Å². The molecule has 0 aromatic carbocycles. The Bertz CT molecular complexity index is 11.7. The topological polar surface area (TPSA) is 0 Å². The molecule has 0 aliphatic heterocycles. The van der Waals surface area contributed by atoms with Crippen molar-refractivity contribution in [2.45, 2.75) is 6.42 Å². The van der Waals surface area contributed by atoms with Crippen LogP contribution in [0.25, 0.3) is 0 Å². The Morgan fingerprint density at radius 1 is 1.14 bits per heavy atom. The molecule has 0 aromatic rings. The molecule has 0 saturated carbocycles. The molecule has 0 rings (SSSR count). The molecule has 40 valence electrons. The van der Waals surface area contributed by atoms with Crippen LogP contribution in [0.3, 0.4) is 0 Å². The van der Waals surface area contributed by atoms with E-state index in [1.807, 2.05) is 0 Å². The summed E-state index contributed by atoms with van der Waals surface area (Å²) in [5.74, 6) is 0. The Morgan fingerprint density at radius 3 is 1.14 bits per heavy atom. The average Bonchev–Trinajstić information content (AvgIpc) is 0.918. The van der Waals surface area contributed by atoms with E-state index in [9.17, 15) is 0 Å². The van der Waals surface area contributed by atoms with Crippen LogP contribution in [0.5, 0.6) is 0 Å². The predicted molar refractivity (Wildman–Crippen MR) is 27.5 cm³/mol. The van der Waals surface area contributed by atoms with E-state index in [-0.39, 0.29) is 69.6 Å². The third-order valence-corrected chi connectivity index (χ3v) is 0. The summed E-state index contributed by atoms with van der Waals surface area (Å²) in [5.41, 5.74) is 0. The fourth-order valence-corrected chi connectivity index (χ4v) is 0. The molecule has 0 nitrogen and oxygen atoms in total. The van der Waals surface area contributed by atoms with E-state index in [2.05, 4.69) is 13.8 Å². The summed E-state index contributed by atoms with van der Waals surface area (Å²) in [4.78, 5) is 0. The first kappa shape index (κ1) is 36.8. The van der Waals surface area contributed by atoms with Crippen LogP contribution >= 0.6 is 0 Å². The summed E-state index contributed by atoms with van der Waals surface area (Å²) in [6, 6.07) is 0. The zero-order valence-electron chi connectivity index (χ0n) is 4.68. The molecule has 0 N–H and O–H groups in total. The van der Waals surface area contributed by atoms with Gasteiger partial charge in [0.05, 0.1) is 0 Å². The van der Waals surface area contributed by atoms with Gasteiger partial charge in [-0.2, -0.15) is 0 Å². The van der Waals surface area contributed by atoms with Gasteiger partial charge >= 0.3 is 0 Å². The van der Waals surface area contributed by atoms with E-state index < -0.39 is 0 Å². The molecule has 0 amide bonds. The Balaban J connectivity index is -0.00000000333. The molecule has 4 radical (unpaired) electrons. The summed E-state index contributed by atoms with van der Waals surface area (Å²) in [6.45, 7) is 6.75. The van der Waals surface area contributed by atoms with Gasteiger partial charge in [0.1, 0.15) is 0 Å². The van der Waals surface area contributed by atoms with E-state index >= 15 is 0 Å². The molecule has 0 aromatic heterocycles. The second-order valence-corrected chi connectivity index (χ2v) is 0.354. The van der Waals surface area contributed by atoms with E-state index in [0.29, 0.717) is 0 Å². The molecule has 0 saturated heterocycles. The van der Waals surface area contributed by atoms with Crippen LogP contribution in [0.15, 0.2) is 0 Å². The van der Waals surface area contributed by atoms with Gasteiger partial charge in [0, 0.05) is 62.2 Å². The smallest absolute Gasteiger partial charge is 0 e. The summed E-state index contributed by atoms with van der Waals surface area (Å²) in [6.07, 6.45) is 0.750. The molecule has 0 spiro atoms. The third kappa shape index (κ3) is 78.2. The molecular weight excluding hydrogens is 332 g/mol. The van der Waals surface area contributed by atoms with Crippen LogP contribution < -0.4 is 0 Å². The third-order valence-electron chi connectivity index (χ3n) is 0. The summed E-state index contributed by atoms with van der Waals surface area (Å²) in [7, 11) is 0. The number of rotatable bonds is 0. The van der Waals surface area contributed by atoms with E-state index in [1.54, 1.807) is 0 Å². The van der Waals surface area contributed by atoms with Crippen molar-refractivity contribution < 1.29 is 53.8 Å². The molecule has 3 heteroatoms. The minimum Gasteiger partial charge on any atom is -0.372 e. The normalized spacial score (nSPS) is 2.57. The Hall–Kier alpha value is 1.86. The standard InChI is InChI=1S/C3H6.CH3.B.W.Y/c1-3-2;;;;/h1-3H2;1H3;;;/q-2;-1;;;. The van der Waals surface area contributed by atoms with Crippen molar-refractivity contribution in [2.75, 3.05) is 0 Å². The average molecular weight is 341 g/mol. The van der Waals surface area contributed by atoms with Crippen molar-refractivity contribution >= 4 is 8.41 Å². The van der Waals surface area contributed by atoms with Gasteiger partial charge < -0.3 is 27.7 Å². The Morgan fingerprint density at radius 2 is 1.14 bits per heavy atom. The molecule has 0 atom stereocenters. The quantitative estimate of drug-likeness (QED) is 0.458. The SMILES string of the molecule is [B].[CH2-]C[CH2-].[CH3-].[W].[Y]. The largest absolute Gasteiger partial charge is 0.372 e. The van der Waals surface area contributed by atoms with Gasteiger partial charge in [0.2, 0.25) is 0 Å². The fourth-order valence-electron chi connectivity index (χ4n) is 0. The van der Waals surface area contributed by atoms with Crippen LogP contribution in [0.4, 0.5) is 0 Å². The molecule has 7 heavy (non-hydrogen) atoms. The maximum Gasteiger partial charge on any atom is 0 e. The number of hydrogen-bond donors (Lipinski definition) is 0. The monoisotopic (exact) mass is 341 g/mol. The van der Waals surface area contributed by atoms with Gasteiger partial charge in [-0.1, -0.05) is 0 Å². The molecular formula is C4H9BWY-3. The van der Waals surface area contributed by atoms with Crippen molar-refractivity contribution in [3.05, 3.63) is 21.3 Å². The molecule has 0 fully saturated rings. The zero-order valence-corrected chi connectivity index (χ0v) is 10.5. The Labute approximate surface area is 88.9 Å². The van der Waals surface area contributed by atoms with Crippen LogP contribution in [0.1, 0.15) is 6.42 Å². The minimum atomic E-state index is 0. The van der Waals surface area contributed by atoms with Gasteiger partial charge in [0.25, 0.3) is 0 Å². The number of hydrogen-bond acceptors (Lipinski definition) is 0. The van der Waals surface area contributed by atoms with Gasteiger partial charge in [-0.25, -0.2) is 0 Å².